The fourth-order valence-corrected chi connectivity index (χ4v) is 3.74. The molecule has 6 nitrogen and oxygen atoms in total. The molecule has 1 aromatic rings. The second-order valence-corrected chi connectivity index (χ2v) is 6.54. The van der Waals surface area contributed by atoms with Crippen LogP contribution in [0.25, 0.3) is 0 Å². The third-order valence-corrected chi connectivity index (χ3v) is 4.85. The predicted molar refractivity (Wildman–Crippen MR) is 90.9 cm³/mol. The van der Waals surface area contributed by atoms with Gasteiger partial charge in [-0.25, -0.2) is 9.59 Å². The van der Waals surface area contributed by atoms with E-state index in [2.05, 4.69) is 0 Å². The summed E-state index contributed by atoms with van der Waals surface area (Å²) in [5.74, 6) is -0.334. The molecular weight excluding hydrogens is 322 g/mol. The van der Waals surface area contributed by atoms with Gasteiger partial charge in [-0.3, -0.25) is 0 Å². The maximum absolute atomic E-state index is 12.5. The highest BCUT2D eigenvalue weighted by Gasteiger charge is 2.44. The van der Waals surface area contributed by atoms with Gasteiger partial charge in [0.2, 0.25) is 0 Å². The first-order valence-corrected chi connectivity index (χ1v) is 8.93. The average Bonchev–Trinajstić information content (AvgIpc) is 2.89. The summed E-state index contributed by atoms with van der Waals surface area (Å²) in [5, 5.41) is 0. The van der Waals surface area contributed by atoms with Crippen LogP contribution in [0.4, 0.5) is 4.79 Å². The normalized spacial score (nSPS) is 24.8. The number of hydrogen-bond donors (Lipinski definition) is 0. The van der Waals surface area contributed by atoms with Crippen LogP contribution in [0.1, 0.15) is 38.2 Å². The van der Waals surface area contributed by atoms with Gasteiger partial charge in [0.25, 0.3) is 0 Å². The minimum atomic E-state index is -0.334. The molecule has 1 amide bonds. The van der Waals surface area contributed by atoms with Crippen LogP contribution in [-0.2, 0) is 25.6 Å². The van der Waals surface area contributed by atoms with Crippen LogP contribution in [0.5, 0.6) is 0 Å². The molecule has 2 heterocycles. The van der Waals surface area contributed by atoms with Gasteiger partial charge in [0.05, 0.1) is 12.7 Å². The van der Waals surface area contributed by atoms with Crippen molar-refractivity contribution in [3.63, 3.8) is 0 Å². The number of carbonyl (C=O) groups is 2. The van der Waals surface area contributed by atoms with E-state index in [1.54, 1.807) is 6.92 Å². The van der Waals surface area contributed by atoms with Crippen LogP contribution in [0.3, 0.4) is 0 Å². The molecule has 0 N–H and O–H groups in total. The lowest BCUT2D eigenvalue weighted by molar-refractivity contribution is -0.152. The molecule has 1 unspecified atom stereocenters. The van der Waals surface area contributed by atoms with E-state index in [1.165, 1.54) is 0 Å². The number of nitrogens with zero attached hydrogens (tertiary/aromatic N) is 1. The lowest BCUT2D eigenvalue weighted by Gasteiger charge is -2.37. The molecule has 1 aromatic carbocycles. The highest BCUT2D eigenvalue weighted by Crippen LogP contribution is 2.37. The summed E-state index contributed by atoms with van der Waals surface area (Å²) in [5.41, 5.74) is 0.982. The first-order valence-electron chi connectivity index (χ1n) is 8.93. The minimum absolute atomic E-state index is 0.0000736. The second-order valence-electron chi connectivity index (χ2n) is 6.54. The number of amides is 1. The Bertz CT molecular complexity index is 577. The standard InChI is InChI=1S/C19H25NO5/c1-2-23-18(21)13-24-17-10-15-8-9-16(11-17)20(15)19(22)25-12-14-6-4-3-5-7-14/h3-7,15-17H,2,8-13H2,1H3/t15-,16+,17?. The van der Waals surface area contributed by atoms with Crippen molar-refractivity contribution < 1.29 is 23.8 Å². The van der Waals surface area contributed by atoms with Gasteiger partial charge in [-0.15, -0.1) is 0 Å². The summed E-state index contributed by atoms with van der Waals surface area (Å²) in [7, 11) is 0. The largest absolute Gasteiger partial charge is 0.464 e. The van der Waals surface area contributed by atoms with Crippen LogP contribution >= 0.6 is 0 Å². The van der Waals surface area contributed by atoms with Crippen molar-refractivity contribution in [2.75, 3.05) is 13.2 Å². The average molecular weight is 347 g/mol. The van der Waals surface area contributed by atoms with Gasteiger partial charge in [-0.2, -0.15) is 0 Å². The topological polar surface area (TPSA) is 65.1 Å². The molecule has 3 rings (SSSR count). The van der Waals surface area contributed by atoms with Gasteiger partial charge in [0.1, 0.15) is 13.2 Å². The molecule has 6 heteroatoms. The van der Waals surface area contributed by atoms with Crippen LogP contribution in [0.15, 0.2) is 30.3 Å². The third-order valence-electron chi connectivity index (χ3n) is 4.85. The number of benzene rings is 1. The van der Waals surface area contributed by atoms with E-state index in [9.17, 15) is 9.59 Å². The lowest BCUT2D eigenvalue weighted by atomic mass is 10.0. The molecule has 0 aliphatic carbocycles. The van der Waals surface area contributed by atoms with Crippen LogP contribution in [-0.4, -0.2) is 48.4 Å². The molecule has 0 spiro atoms. The fourth-order valence-electron chi connectivity index (χ4n) is 3.74. The van der Waals surface area contributed by atoms with Crippen LogP contribution < -0.4 is 0 Å². The Hall–Kier alpha value is -2.08. The highest BCUT2D eigenvalue weighted by molar-refractivity contribution is 5.70. The Kier molecular flexibility index (Phi) is 5.91. The summed E-state index contributed by atoms with van der Waals surface area (Å²) in [6, 6.07) is 9.95. The van der Waals surface area contributed by atoms with Crippen LogP contribution in [0, 0.1) is 0 Å². The molecule has 2 aliphatic rings. The van der Waals surface area contributed by atoms with Gasteiger partial charge in [0, 0.05) is 12.1 Å². The van der Waals surface area contributed by atoms with Gasteiger partial charge in [-0.1, -0.05) is 30.3 Å². The number of piperidine rings is 1. The first kappa shape index (κ1) is 17.7. The minimum Gasteiger partial charge on any atom is -0.464 e. The van der Waals surface area contributed by atoms with Gasteiger partial charge < -0.3 is 19.1 Å². The zero-order valence-corrected chi connectivity index (χ0v) is 14.6. The number of carbonyl (C=O) groups excluding carboxylic acids is 2. The van der Waals surface area contributed by atoms with E-state index in [0.29, 0.717) is 13.2 Å². The van der Waals surface area contributed by atoms with E-state index in [-0.39, 0.29) is 36.9 Å². The van der Waals surface area contributed by atoms with Crippen molar-refractivity contribution in [3.8, 4) is 0 Å². The molecule has 0 aromatic heterocycles. The summed E-state index contributed by atoms with van der Waals surface area (Å²) < 4.78 is 16.1. The number of fused-ring (bicyclic) bond motifs is 2. The van der Waals surface area contributed by atoms with Gasteiger partial charge in [0.15, 0.2) is 0 Å². The molecule has 2 fully saturated rings. The first-order chi connectivity index (χ1) is 12.2. The van der Waals surface area contributed by atoms with Crippen molar-refractivity contribution in [3.05, 3.63) is 35.9 Å². The van der Waals surface area contributed by atoms with Crippen molar-refractivity contribution in [2.45, 2.75) is 57.4 Å². The zero-order chi connectivity index (χ0) is 17.6. The van der Waals surface area contributed by atoms with E-state index < -0.39 is 0 Å². The van der Waals surface area contributed by atoms with E-state index in [0.717, 1.165) is 31.2 Å². The number of esters is 1. The number of ether oxygens (including phenoxy) is 3. The molecular formula is C19H25NO5. The van der Waals surface area contributed by atoms with Crippen LogP contribution in [0.2, 0.25) is 0 Å². The summed E-state index contributed by atoms with van der Waals surface area (Å²) in [6.07, 6.45) is 3.17. The maximum Gasteiger partial charge on any atom is 0.410 e. The smallest absolute Gasteiger partial charge is 0.410 e. The van der Waals surface area contributed by atoms with Gasteiger partial charge >= 0.3 is 12.1 Å². The van der Waals surface area contributed by atoms with Gasteiger partial charge in [-0.05, 0) is 38.2 Å². The molecule has 2 saturated heterocycles. The summed E-state index contributed by atoms with van der Waals surface area (Å²) in [4.78, 5) is 25.8. The number of hydrogen-bond acceptors (Lipinski definition) is 5. The number of rotatable bonds is 6. The van der Waals surface area contributed by atoms with Crippen molar-refractivity contribution in [1.82, 2.24) is 4.90 Å². The Balaban J connectivity index is 1.48. The van der Waals surface area contributed by atoms with E-state index in [4.69, 9.17) is 14.2 Å². The van der Waals surface area contributed by atoms with Crippen molar-refractivity contribution in [1.29, 1.82) is 0 Å². The predicted octanol–water partition coefficient (Wildman–Crippen LogP) is 2.90. The monoisotopic (exact) mass is 347 g/mol. The molecule has 3 atom stereocenters. The second kappa shape index (κ2) is 8.34. The zero-order valence-electron chi connectivity index (χ0n) is 14.6. The molecule has 25 heavy (non-hydrogen) atoms. The molecule has 136 valence electrons. The van der Waals surface area contributed by atoms with E-state index >= 15 is 0 Å². The molecule has 0 radical (unpaired) electrons. The Morgan fingerprint density at radius 1 is 1.08 bits per heavy atom. The summed E-state index contributed by atoms with van der Waals surface area (Å²) in [6.45, 7) is 2.41. The van der Waals surface area contributed by atoms with Crippen molar-refractivity contribution >= 4 is 12.1 Å². The highest BCUT2D eigenvalue weighted by atomic mass is 16.6. The fraction of sp³-hybridized carbons (Fsp3) is 0.579. The Labute approximate surface area is 148 Å². The Morgan fingerprint density at radius 2 is 1.76 bits per heavy atom. The van der Waals surface area contributed by atoms with E-state index in [1.807, 2.05) is 35.2 Å². The Morgan fingerprint density at radius 3 is 2.40 bits per heavy atom. The maximum atomic E-state index is 12.5. The summed E-state index contributed by atoms with van der Waals surface area (Å²) >= 11 is 0. The van der Waals surface area contributed by atoms with Crippen molar-refractivity contribution in [2.24, 2.45) is 0 Å². The SMILES string of the molecule is CCOC(=O)COC1C[C@H]2CC[C@@H](C1)N2C(=O)OCc1ccccc1. The molecule has 0 saturated carbocycles. The molecule has 2 aliphatic heterocycles. The quantitative estimate of drug-likeness (QED) is 0.740. The lowest BCUT2D eigenvalue weighted by Crippen LogP contribution is -2.49. The third kappa shape index (κ3) is 4.51. The molecule has 2 bridgehead atoms.